The molecular weight excluding hydrogens is 280 g/mol. The van der Waals surface area contributed by atoms with Gasteiger partial charge in [0.15, 0.2) is 0 Å². The Morgan fingerprint density at radius 3 is 2.77 bits per heavy atom. The Bertz CT molecular complexity index is 648. The fraction of sp³-hybridized carbons (Fsp3) is 0.412. The van der Waals surface area contributed by atoms with E-state index in [1.165, 1.54) is 0 Å². The second-order valence-corrected chi connectivity index (χ2v) is 5.49. The molecular formula is C17H22N2O3. The van der Waals surface area contributed by atoms with Crippen LogP contribution in [0.1, 0.15) is 38.2 Å². The van der Waals surface area contributed by atoms with E-state index in [2.05, 4.69) is 17.2 Å². The highest BCUT2D eigenvalue weighted by Gasteiger charge is 2.19. The quantitative estimate of drug-likeness (QED) is 0.656. The molecule has 5 nitrogen and oxygen atoms in total. The minimum atomic E-state index is -0.969. The molecule has 1 aromatic heterocycles. The molecule has 0 aliphatic heterocycles. The zero-order valence-electron chi connectivity index (χ0n) is 12.8. The van der Waals surface area contributed by atoms with E-state index in [-0.39, 0.29) is 12.3 Å². The number of para-hydroxylation sites is 1. The van der Waals surface area contributed by atoms with E-state index in [0.29, 0.717) is 6.42 Å². The molecule has 118 valence electrons. The number of carboxylic acid groups (broad SMARTS) is 1. The Hall–Kier alpha value is -2.30. The lowest BCUT2D eigenvalue weighted by atomic mass is 10.1. The largest absolute Gasteiger partial charge is 0.480 e. The molecule has 1 atom stereocenters. The van der Waals surface area contributed by atoms with E-state index < -0.39 is 12.0 Å². The first-order valence-electron chi connectivity index (χ1n) is 7.69. The fourth-order valence-electron chi connectivity index (χ4n) is 2.55. The van der Waals surface area contributed by atoms with Crippen LogP contribution in [-0.4, -0.2) is 28.0 Å². The molecule has 0 saturated heterocycles. The Morgan fingerprint density at radius 2 is 2.05 bits per heavy atom. The SMILES string of the molecule is CCCCC[C@H](NC(=O)Cc1c[nH]c2ccccc12)C(=O)O. The third-order valence-corrected chi connectivity index (χ3v) is 3.76. The first kappa shape index (κ1) is 16.1. The summed E-state index contributed by atoms with van der Waals surface area (Å²) in [5.74, 6) is -1.22. The predicted octanol–water partition coefficient (Wildman–Crippen LogP) is 2.86. The standard InChI is InChI=1S/C17H22N2O3/c1-2-3-4-9-15(17(21)22)19-16(20)10-12-11-18-14-8-6-5-7-13(12)14/h5-8,11,15,18H,2-4,9-10H2,1H3,(H,19,20)(H,21,22)/t15-/m0/s1. The summed E-state index contributed by atoms with van der Waals surface area (Å²) in [5, 5.41) is 12.8. The first-order valence-corrected chi connectivity index (χ1v) is 7.69. The summed E-state index contributed by atoms with van der Waals surface area (Å²) in [6, 6.07) is 6.94. The number of nitrogens with one attached hydrogen (secondary N) is 2. The molecule has 22 heavy (non-hydrogen) atoms. The molecule has 0 unspecified atom stereocenters. The monoisotopic (exact) mass is 302 g/mol. The van der Waals surface area contributed by atoms with Gasteiger partial charge in [0.2, 0.25) is 5.91 Å². The molecule has 0 bridgehead atoms. The summed E-state index contributed by atoms with van der Waals surface area (Å²) < 4.78 is 0. The Balaban J connectivity index is 1.97. The Kier molecular flexibility index (Phi) is 5.58. The molecule has 0 radical (unpaired) electrons. The first-order chi connectivity index (χ1) is 10.6. The van der Waals surface area contributed by atoms with Gasteiger partial charge < -0.3 is 15.4 Å². The summed E-state index contributed by atoms with van der Waals surface area (Å²) in [6.07, 6.45) is 5.26. The number of hydrogen-bond acceptors (Lipinski definition) is 2. The smallest absolute Gasteiger partial charge is 0.326 e. The number of carboxylic acids is 1. The van der Waals surface area contributed by atoms with Crippen LogP contribution in [0.4, 0.5) is 0 Å². The average Bonchev–Trinajstić information content (AvgIpc) is 2.89. The molecule has 1 aromatic carbocycles. The number of H-pyrrole nitrogens is 1. The van der Waals surface area contributed by atoms with Crippen LogP contribution in [0.2, 0.25) is 0 Å². The molecule has 2 aromatic rings. The van der Waals surface area contributed by atoms with E-state index >= 15 is 0 Å². The highest BCUT2D eigenvalue weighted by atomic mass is 16.4. The number of aromatic nitrogens is 1. The summed E-state index contributed by atoms with van der Waals surface area (Å²) in [4.78, 5) is 26.5. The van der Waals surface area contributed by atoms with Gasteiger partial charge in [0, 0.05) is 17.1 Å². The molecule has 5 heteroatoms. The van der Waals surface area contributed by atoms with Gasteiger partial charge in [-0.25, -0.2) is 4.79 Å². The average molecular weight is 302 g/mol. The maximum atomic E-state index is 12.1. The van der Waals surface area contributed by atoms with Gasteiger partial charge in [0.1, 0.15) is 6.04 Å². The molecule has 0 fully saturated rings. The Morgan fingerprint density at radius 1 is 1.27 bits per heavy atom. The van der Waals surface area contributed by atoms with Crippen molar-refractivity contribution in [1.29, 1.82) is 0 Å². The summed E-state index contributed by atoms with van der Waals surface area (Å²) >= 11 is 0. The number of rotatable bonds is 8. The van der Waals surface area contributed by atoms with Gasteiger partial charge >= 0.3 is 5.97 Å². The number of benzene rings is 1. The van der Waals surface area contributed by atoms with Crippen molar-refractivity contribution in [3.63, 3.8) is 0 Å². The molecule has 1 amide bonds. The normalized spacial score (nSPS) is 12.2. The number of amides is 1. The topological polar surface area (TPSA) is 82.2 Å². The summed E-state index contributed by atoms with van der Waals surface area (Å²) in [7, 11) is 0. The predicted molar refractivity (Wildman–Crippen MR) is 85.7 cm³/mol. The van der Waals surface area contributed by atoms with E-state index in [4.69, 9.17) is 0 Å². The van der Waals surface area contributed by atoms with Crippen molar-refractivity contribution < 1.29 is 14.7 Å². The van der Waals surface area contributed by atoms with E-state index in [1.807, 2.05) is 24.3 Å². The van der Waals surface area contributed by atoms with Crippen LogP contribution in [0.5, 0.6) is 0 Å². The second-order valence-electron chi connectivity index (χ2n) is 5.49. The van der Waals surface area contributed by atoms with Crippen molar-refractivity contribution in [3.8, 4) is 0 Å². The number of carbonyl (C=O) groups is 2. The molecule has 2 rings (SSSR count). The third-order valence-electron chi connectivity index (χ3n) is 3.76. The van der Waals surface area contributed by atoms with Gasteiger partial charge in [0.05, 0.1) is 6.42 Å². The van der Waals surface area contributed by atoms with Gasteiger partial charge in [-0.3, -0.25) is 4.79 Å². The number of hydrogen-bond donors (Lipinski definition) is 3. The van der Waals surface area contributed by atoms with Crippen molar-refractivity contribution in [3.05, 3.63) is 36.0 Å². The van der Waals surface area contributed by atoms with Crippen LogP contribution < -0.4 is 5.32 Å². The number of unbranched alkanes of at least 4 members (excludes halogenated alkanes) is 2. The Labute approximate surface area is 129 Å². The van der Waals surface area contributed by atoms with Crippen LogP contribution in [0, 0.1) is 0 Å². The zero-order chi connectivity index (χ0) is 15.9. The van der Waals surface area contributed by atoms with Crippen LogP contribution in [-0.2, 0) is 16.0 Å². The number of aliphatic carboxylic acids is 1. The van der Waals surface area contributed by atoms with Crippen molar-refractivity contribution in [2.45, 2.75) is 45.1 Å². The van der Waals surface area contributed by atoms with Gasteiger partial charge in [-0.2, -0.15) is 0 Å². The fourth-order valence-corrected chi connectivity index (χ4v) is 2.55. The van der Waals surface area contributed by atoms with Crippen LogP contribution >= 0.6 is 0 Å². The van der Waals surface area contributed by atoms with Gasteiger partial charge in [0.25, 0.3) is 0 Å². The minimum Gasteiger partial charge on any atom is -0.480 e. The maximum Gasteiger partial charge on any atom is 0.326 e. The van der Waals surface area contributed by atoms with Crippen LogP contribution in [0.25, 0.3) is 10.9 Å². The van der Waals surface area contributed by atoms with E-state index in [0.717, 1.165) is 35.7 Å². The molecule has 0 aliphatic carbocycles. The molecule has 0 saturated carbocycles. The molecule has 0 aliphatic rings. The summed E-state index contributed by atoms with van der Waals surface area (Å²) in [5.41, 5.74) is 1.86. The van der Waals surface area contributed by atoms with Crippen LogP contribution in [0.15, 0.2) is 30.5 Å². The van der Waals surface area contributed by atoms with E-state index in [1.54, 1.807) is 6.20 Å². The van der Waals surface area contributed by atoms with E-state index in [9.17, 15) is 14.7 Å². The van der Waals surface area contributed by atoms with Gasteiger partial charge in [-0.05, 0) is 18.1 Å². The number of aromatic amines is 1. The zero-order valence-corrected chi connectivity index (χ0v) is 12.8. The molecule has 0 spiro atoms. The lowest BCUT2D eigenvalue weighted by molar-refractivity contribution is -0.142. The van der Waals surface area contributed by atoms with Gasteiger partial charge in [-0.1, -0.05) is 44.4 Å². The summed E-state index contributed by atoms with van der Waals surface area (Å²) in [6.45, 7) is 2.06. The van der Waals surface area contributed by atoms with Crippen LogP contribution in [0.3, 0.4) is 0 Å². The highest BCUT2D eigenvalue weighted by molar-refractivity contribution is 5.90. The lowest BCUT2D eigenvalue weighted by Crippen LogP contribution is -2.41. The highest BCUT2D eigenvalue weighted by Crippen LogP contribution is 2.18. The van der Waals surface area contributed by atoms with Gasteiger partial charge in [-0.15, -0.1) is 0 Å². The van der Waals surface area contributed by atoms with Crippen molar-refractivity contribution in [2.24, 2.45) is 0 Å². The van der Waals surface area contributed by atoms with Crippen molar-refractivity contribution in [2.75, 3.05) is 0 Å². The van der Waals surface area contributed by atoms with Crippen molar-refractivity contribution >= 4 is 22.8 Å². The van der Waals surface area contributed by atoms with Crippen molar-refractivity contribution in [1.82, 2.24) is 10.3 Å². The second kappa shape index (κ2) is 7.64. The molecule has 1 heterocycles. The maximum absolute atomic E-state index is 12.1. The minimum absolute atomic E-state index is 0.182. The lowest BCUT2D eigenvalue weighted by Gasteiger charge is -2.14. The third kappa shape index (κ3) is 4.10. The number of fused-ring (bicyclic) bond motifs is 1. The number of carbonyl (C=O) groups excluding carboxylic acids is 1. The molecule has 3 N–H and O–H groups in total.